The third kappa shape index (κ3) is 6.25. The van der Waals surface area contributed by atoms with E-state index in [0.29, 0.717) is 45.4 Å². The van der Waals surface area contributed by atoms with Gasteiger partial charge in [0.2, 0.25) is 0 Å². The van der Waals surface area contributed by atoms with Crippen LogP contribution in [0.3, 0.4) is 0 Å². The minimum Gasteiger partial charge on any atom is -0.490 e. The number of nitrogens with zero attached hydrogens (tertiary/aromatic N) is 2. The van der Waals surface area contributed by atoms with Gasteiger partial charge >= 0.3 is 5.97 Å². The standard InChI is InChI=1S/C28H28BrIN2O6S/c1-6-36-21-9-8-16(11-22(21)37-7-2)24-19(27(34)35-5)14-31-28-32(24)26(33)23(39-28)12-17-10-18(29)13-20(30)25(17)38-15(3)4/h8-15,24H,6-7H2,1-5H3/b23-12+/t24-/m1/s1. The van der Waals surface area contributed by atoms with Crippen LogP contribution in [0.1, 0.15) is 44.9 Å². The number of ether oxygens (including phenoxy) is 4. The summed E-state index contributed by atoms with van der Waals surface area (Å²) in [5.41, 5.74) is 1.39. The van der Waals surface area contributed by atoms with Crippen molar-refractivity contribution in [3.8, 4) is 17.2 Å². The lowest BCUT2D eigenvalue weighted by molar-refractivity contribution is -0.136. The highest BCUT2D eigenvalue weighted by atomic mass is 127. The Kier molecular flexibility index (Phi) is 9.55. The fourth-order valence-electron chi connectivity index (χ4n) is 4.18. The smallest absolute Gasteiger partial charge is 0.337 e. The summed E-state index contributed by atoms with van der Waals surface area (Å²) >= 11 is 7.01. The number of aromatic nitrogens is 1. The van der Waals surface area contributed by atoms with E-state index in [9.17, 15) is 9.59 Å². The second-order valence-electron chi connectivity index (χ2n) is 8.72. The largest absolute Gasteiger partial charge is 0.490 e. The highest BCUT2D eigenvalue weighted by molar-refractivity contribution is 14.1. The molecule has 1 aromatic heterocycles. The minimum absolute atomic E-state index is 0.0464. The molecule has 0 amide bonds. The average Bonchev–Trinajstić information content (AvgIpc) is 3.21. The minimum atomic E-state index is -0.764. The molecule has 3 aromatic rings. The number of halogens is 2. The van der Waals surface area contributed by atoms with Gasteiger partial charge in [0.1, 0.15) is 5.75 Å². The van der Waals surface area contributed by atoms with Crippen molar-refractivity contribution in [2.75, 3.05) is 20.3 Å². The van der Waals surface area contributed by atoms with E-state index in [0.717, 1.165) is 13.6 Å². The molecule has 0 aliphatic carbocycles. The molecule has 0 unspecified atom stereocenters. The molecule has 1 aliphatic heterocycles. The molecule has 0 fully saturated rings. The molecule has 1 atom stereocenters. The number of carbonyl (C=O) groups excluding carboxylic acids is 1. The van der Waals surface area contributed by atoms with E-state index in [-0.39, 0.29) is 17.2 Å². The van der Waals surface area contributed by atoms with Gasteiger partial charge in [-0.3, -0.25) is 9.36 Å². The molecule has 206 valence electrons. The molecule has 4 rings (SSSR count). The van der Waals surface area contributed by atoms with E-state index in [1.54, 1.807) is 18.2 Å². The van der Waals surface area contributed by atoms with Gasteiger partial charge in [-0.15, -0.1) is 0 Å². The van der Waals surface area contributed by atoms with E-state index in [1.807, 2.05) is 45.9 Å². The van der Waals surface area contributed by atoms with Crippen molar-refractivity contribution in [3.63, 3.8) is 0 Å². The molecule has 1 aliphatic rings. The maximum atomic E-state index is 13.9. The number of hydrogen-bond donors (Lipinski definition) is 0. The van der Waals surface area contributed by atoms with Crippen molar-refractivity contribution in [3.05, 3.63) is 81.0 Å². The first-order chi connectivity index (χ1) is 18.7. The summed E-state index contributed by atoms with van der Waals surface area (Å²) < 4.78 is 26.4. The number of methoxy groups -OCH3 is 1. The van der Waals surface area contributed by atoms with Gasteiger partial charge < -0.3 is 18.9 Å². The number of hydrogen-bond acceptors (Lipinski definition) is 8. The lowest BCUT2D eigenvalue weighted by Crippen LogP contribution is -2.39. The Bertz CT molecular complexity index is 1610. The molecule has 39 heavy (non-hydrogen) atoms. The third-order valence-electron chi connectivity index (χ3n) is 5.69. The average molecular weight is 727 g/mol. The van der Waals surface area contributed by atoms with E-state index < -0.39 is 12.0 Å². The molecule has 2 heterocycles. The maximum Gasteiger partial charge on any atom is 0.337 e. The Balaban J connectivity index is 1.93. The van der Waals surface area contributed by atoms with Gasteiger partial charge in [-0.05, 0) is 86.2 Å². The van der Waals surface area contributed by atoms with Crippen molar-refractivity contribution in [1.82, 2.24) is 4.57 Å². The summed E-state index contributed by atoms with van der Waals surface area (Å²) in [7, 11) is 1.31. The predicted octanol–water partition coefficient (Wildman–Crippen LogP) is 4.97. The third-order valence-corrected chi connectivity index (χ3v) is 7.94. The zero-order valence-electron chi connectivity index (χ0n) is 22.1. The van der Waals surface area contributed by atoms with Crippen molar-refractivity contribution in [2.24, 2.45) is 4.99 Å². The summed E-state index contributed by atoms with van der Waals surface area (Å²) in [6.07, 6.45) is 3.23. The Labute approximate surface area is 252 Å². The number of thiazole rings is 1. The molecule has 0 spiro atoms. The zero-order valence-corrected chi connectivity index (χ0v) is 26.7. The number of benzene rings is 2. The van der Waals surface area contributed by atoms with Gasteiger partial charge in [0, 0.05) is 16.2 Å². The van der Waals surface area contributed by atoms with Crippen LogP contribution in [-0.2, 0) is 9.53 Å². The number of fused-ring (bicyclic) bond motifs is 1. The van der Waals surface area contributed by atoms with Crippen LogP contribution in [0, 0.1) is 3.57 Å². The summed E-state index contributed by atoms with van der Waals surface area (Å²) in [6, 6.07) is 8.51. The number of rotatable bonds is 9. The topological polar surface area (TPSA) is 88.4 Å². The molecule has 0 N–H and O–H groups in total. The summed E-state index contributed by atoms with van der Waals surface area (Å²) in [6.45, 7) is 8.59. The number of carbonyl (C=O) groups is 1. The first kappa shape index (κ1) is 29.3. The van der Waals surface area contributed by atoms with E-state index >= 15 is 0 Å². The van der Waals surface area contributed by atoms with Gasteiger partial charge in [0.25, 0.3) is 5.56 Å². The molecule has 8 nitrogen and oxygen atoms in total. The van der Waals surface area contributed by atoms with Crippen LogP contribution in [0.2, 0.25) is 0 Å². The quantitative estimate of drug-likeness (QED) is 0.229. The lowest BCUT2D eigenvalue weighted by Gasteiger charge is -2.23. The molecule has 2 aromatic carbocycles. The van der Waals surface area contributed by atoms with Crippen LogP contribution in [-0.4, -0.2) is 37.0 Å². The SMILES string of the molecule is CCOc1ccc([C@@H]2C(C(=O)OC)=CN=c3s/c(=C/c4cc(Br)cc(I)c4OC(C)C)c(=O)n32)cc1OCC. The molecule has 0 saturated heterocycles. The van der Waals surface area contributed by atoms with Gasteiger partial charge in [-0.25, -0.2) is 9.79 Å². The molecule has 0 saturated carbocycles. The van der Waals surface area contributed by atoms with Crippen molar-refractivity contribution in [2.45, 2.75) is 39.8 Å². The van der Waals surface area contributed by atoms with Crippen molar-refractivity contribution < 1.29 is 23.7 Å². The second-order valence-corrected chi connectivity index (χ2v) is 11.8. The molecular formula is C28H28BrIN2O6S. The van der Waals surface area contributed by atoms with E-state index in [4.69, 9.17) is 18.9 Å². The monoisotopic (exact) mass is 726 g/mol. The highest BCUT2D eigenvalue weighted by Crippen LogP contribution is 2.35. The van der Waals surface area contributed by atoms with Gasteiger partial charge in [0.15, 0.2) is 16.3 Å². The fraction of sp³-hybridized carbons (Fsp3) is 0.321. The van der Waals surface area contributed by atoms with E-state index in [2.05, 4.69) is 43.5 Å². The second kappa shape index (κ2) is 12.7. The van der Waals surface area contributed by atoms with Crippen LogP contribution < -0.4 is 29.1 Å². The highest BCUT2D eigenvalue weighted by Gasteiger charge is 2.31. The molecule has 0 bridgehead atoms. The molecular weight excluding hydrogens is 699 g/mol. The van der Waals surface area contributed by atoms with E-state index in [1.165, 1.54) is 29.2 Å². The Morgan fingerprint density at radius 3 is 2.56 bits per heavy atom. The van der Waals surface area contributed by atoms with Crippen LogP contribution in [0.25, 0.3) is 6.08 Å². The van der Waals surface area contributed by atoms with Crippen LogP contribution in [0.4, 0.5) is 0 Å². The first-order valence-corrected chi connectivity index (χ1v) is 15.0. The summed E-state index contributed by atoms with van der Waals surface area (Å²) in [5.74, 6) is 1.23. The Hall–Kier alpha value is -2.64. The normalized spacial score (nSPS) is 14.9. The van der Waals surface area contributed by atoms with Gasteiger partial charge in [0.05, 0.1) is 46.1 Å². The predicted molar refractivity (Wildman–Crippen MR) is 163 cm³/mol. The maximum absolute atomic E-state index is 13.9. The summed E-state index contributed by atoms with van der Waals surface area (Å²) in [5, 5.41) is 0. The Morgan fingerprint density at radius 1 is 1.18 bits per heavy atom. The van der Waals surface area contributed by atoms with Gasteiger partial charge in [-0.1, -0.05) is 33.3 Å². The summed E-state index contributed by atoms with van der Waals surface area (Å²) in [4.78, 5) is 31.7. The van der Waals surface area contributed by atoms with Crippen LogP contribution in [0.15, 0.2) is 56.4 Å². The Morgan fingerprint density at radius 2 is 1.90 bits per heavy atom. The van der Waals surface area contributed by atoms with Crippen molar-refractivity contribution in [1.29, 1.82) is 0 Å². The zero-order chi connectivity index (χ0) is 28.3. The lowest BCUT2D eigenvalue weighted by atomic mass is 9.97. The molecule has 0 radical (unpaired) electrons. The van der Waals surface area contributed by atoms with Crippen LogP contribution >= 0.6 is 49.9 Å². The first-order valence-electron chi connectivity index (χ1n) is 12.3. The van der Waals surface area contributed by atoms with Crippen molar-refractivity contribution >= 4 is 61.9 Å². The molecule has 11 heteroatoms. The van der Waals surface area contributed by atoms with Gasteiger partial charge in [-0.2, -0.15) is 0 Å². The fourth-order valence-corrected chi connectivity index (χ4v) is 6.81. The van der Waals surface area contributed by atoms with Crippen LogP contribution in [0.5, 0.6) is 17.2 Å². The number of esters is 1.